The van der Waals surface area contributed by atoms with Gasteiger partial charge in [-0.2, -0.15) is 0 Å². The Morgan fingerprint density at radius 3 is 2.54 bits per heavy atom. The maximum absolute atomic E-state index is 12.5. The number of hydrogen-bond acceptors (Lipinski definition) is 4. The molecule has 1 fully saturated rings. The van der Waals surface area contributed by atoms with Gasteiger partial charge in [0.1, 0.15) is 5.02 Å². The fourth-order valence-electron chi connectivity index (χ4n) is 3.27. The number of benzene rings is 2. The monoisotopic (exact) mass is 374 g/mol. The fraction of sp³-hybridized carbons (Fsp3) is 0.316. The van der Waals surface area contributed by atoms with Crippen molar-refractivity contribution in [2.75, 3.05) is 19.8 Å². The summed E-state index contributed by atoms with van der Waals surface area (Å²) in [5.41, 5.74) is 0.901. The van der Waals surface area contributed by atoms with Crippen LogP contribution in [0.25, 0.3) is 0 Å². The molecule has 2 aromatic carbocycles. The number of ether oxygens (including phenoxy) is 1. The molecule has 2 aromatic rings. The van der Waals surface area contributed by atoms with E-state index in [9.17, 15) is 14.9 Å². The lowest BCUT2D eigenvalue weighted by atomic mass is 9.74. The molecule has 0 saturated carbocycles. The number of nitrogens with one attached hydrogen (secondary N) is 1. The zero-order valence-electron chi connectivity index (χ0n) is 14.1. The van der Waals surface area contributed by atoms with Crippen molar-refractivity contribution in [2.45, 2.75) is 18.3 Å². The van der Waals surface area contributed by atoms with Crippen LogP contribution in [0.2, 0.25) is 5.02 Å². The van der Waals surface area contributed by atoms with Crippen LogP contribution < -0.4 is 5.32 Å². The average Bonchev–Trinajstić information content (AvgIpc) is 2.67. The van der Waals surface area contributed by atoms with Crippen LogP contribution in [0, 0.1) is 10.1 Å². The summed E-state index contributed by atoms with van der Waals surface area (Å²) in [7, 11) is 0. The highest BCUT2D eigenvalue weighted by Gasteiger charge is 2.34. The van der Waals surface area contributed by atoms with E-state index in [-0.39, 0.29) is 27.6 Å². The van der Waals surface area contributed by atoms with Gasteiger partial charge < -0.3 is 10.1 Å². The normalized spacial score (nSPS) is 16.0. The highest BCUT2D eigenvalue weighted by molar-refractivity contribution is 6.32. The summed E-state index contributed by atoms with van der Waals surface area (Å²) in [6.07, 6.45) is 1.61. The Balaban J connectivity index is 1.78. The summed E-state index contributed by atoms with van der Waals surface area (Å²) in [5.74, 6) is -0.355. The van der Waals surface area contributed by atoms with Gasteiger partial charge in [-0.1, -0.05) is 41.9 Å². The molecular formula is C19H19ClN2O4. The SMILES string of the molecule is O=C(NCC1(c2ccccc2)CCOCC1)c1ccc(Cl)c([N+](=O)[O-])c1. The summed E-state index contributed by atoms with van der Waals surface area (Å²) in [4.78, 5) is 23.0. The second kappa shape index (κ2) is 7.85. The van der Waals surface area contributed by atoms with E-state index in [1.807, 2.05) is 18.2 Å². The fourth-order valence-corrected chi connectivity index (χ4v) is 3.45. The molecule has 6 nitrogen and oxygen atoms in total. The van der Waals surface area contributed by atoms with Gasteiger partial charge in [-0.15, -0.1) is 0 Å². The lowest BCUT2D eigenvalue weighted by Gasteiger charge is -2.38. The van der Waals surface area contributed by atoms with E-state index in [1.165, 1.54) is 18.2 Å². The van der Waals surface area contributed by atoms with E-state index in [1.54, 1.807) is 0 Å². The number of nitro benzene ring substituents is 1. The molecule has 1 heterocycles. The lowest BCUT2D eigenvalue weighted by Crippen LogP contribution is -2.44. The van der Waals surface area contributed by atoms with E-state index < -0.39 is 4.92 Å². The van der Waals surface area contributed by atoms with Crippen molar-refractivity contribution in [3.8, 4) is 0 Å². The Morgan fingerprint density at radius 2 is 1.88 bits per heavy atom. The molecule has 3 rings (SSSR count). The Hall–Kier alpha value is -2.44. The van der Waals surface area contributed by atoms with Gasteiger partial charge >= 0.3 is 0 Å². The number of amides is 1. The molecule has 0 unspecified atom stereocenters. The molecule has 0 atom stereocenters. The van der Waals surface area contributed by atoms with Crippen LogP contribution in [-0.2, 0) is 10.2 Å². The van der Waals surface area contributed by atoms with Gasteiger partial charge in [0.15, 0.2) is 0 Å². The summed E-state index contributed by atoms with van der Waals surface area (Å²) in [5, 5.41) is 14.0. The molecule has 26 heavy (non-hydrogen) atoms. The van der Waals surface area contributed by atoms with Crippen LogP contribution in [0.1, 0.15) is 28.8 Å². The van der Waals surface area contributed by atoms with Gasteiger partial charge in [0.05, 0.1) is 4.92 Å². The Labute approximate surface area is 156 Å². The first-order valence-corrected chi connectivity index (χ1v) is 8.75. The van der Waals surface area contributed by atoms with Crippen molar-refractivity contribution in [2.24, 2.45) is 0 Å². The highest BCUT2D eigenvalue weighted by atomic mass is 35.5. The molecule has 0 spiro atoms. The van der Waals surface area contributed by atoms with Crippen molar-refractivity contribution in [3.05, 3.63) is 74.8 Å². The minimum atomic E-state index is -0.594. The molecule has 1 N–H and O–H groups in total. The minimum Gasteiger partial charge on any atom is -0.381 e. The van der Waals surface area contributed by atoms with Crippen molar-refractivity contribution in [1.82, 2.24) is 5.32 Å². The zero-order chi connectivity index (χ0) is 18.6. The maximum Gasteiger partial charge on any atom is 0.288 e. The van der Waals surface area contributed by atoms with Gasteiger partial charge in [0, 0.05) is 36.8 Å². The Bertz CT molecular complexity index is 804. The number of nitro groups is 1. The second-order valence-electron chi connectivity index (χ2n) is 6.36. The molecule has 136 valence electrons. The number of carbonyl (C=O) groups is 1. The standard InChI is InChI=1S/C19H19ClN2O4/c20-16-7-6-14(12-17(16)22(24)25)18(23)21-13-19(8-10-26-11-9-19)15-4-2-1-3-5-15/h1-7,12H,8-11,13H2,(H,21,23). The molecule has 0 radical (unpaired) electrons. The predicted molar refractivity (Wildman–Crippen MR) is 98.6 cm³/mol. The third kappa shape index (κ3) is 3.86. The van der Waals surface area contributed by atoms with Crippen LogP contribution in [0.4, 0.5) is 5.69 Å². The Kier molecular flexibility index (Phi) is 5.54. The number of halogens is 1. The average molecular weight is 375 g/mol. The predicted octanol–water partition coefficient (Wildman–Crippen LogP) is 3.73. The maximum atomic E-state index is 12.5. The smallest absolute Gasteiger partial charge is 0.288 e. The summed E-state index contributed by atoms with van der Waals surface area (Å²) < 4.78 is 5.49. The van der Waals surface area contributed by atoms with Gasteiger partial charge in [-0.25, -0.2) is 0 Å². The number of hydrogen-bond donors (Lipinski definition) is 1. The summed E-state index contributed by atoms with van der Waals surface area (Å²) in [6.45, 7) is 1.71. The number of rotatable bonds is 5. The first kappa shape index (κ1) is 18.4. The molecule has 1 aliphatic rings. The summed E-state index contributed by atoms with van der Waals surface area (Å²) >= 11 is 5.81. The second-order valence-corrected chi connectivity index (χ2v) is 6.77. The van der Waals surface area contributed by atoms with Crippen LogP contribution in [0.3, 0.4) is 0 Å². The first-order chi connectivity index (χ1) is 12.5. The van der Waals surface area contributed by atoms with Crippen molar-refractivity contribution in [1.29, 1.82) is 0 Å². The van der Waals surface area contributed by atoms with Gasteiger partial charge in [0.25, 0.3) is 11.6 Å². The van der Waals surface area contributed by atoms with Gasteiger partial charge in [-0.05, 0) is 30.5 Å². The molecule has 0 bridgehead atoms. The number of carbonyl (C=O) groups excluding carboxylic acids is 1. The largest absolute Gasteiger partial charge is 0.381 e. The van der Waals surface area contributed by atoms with E-state index in [2.05, 4.69) is 17.4 Å². The molecule has 1 saturated heterocycles. The van der Waals surface area contributed by atoms with Crippen LogP contribution in [0.5, 0.6) is 0 Å². The van der Waals surface area contributed by atoms with Crippen LogP contribution in [0.15, 0.2) is 48.5 Å². The molecule has 1 aliphatic heterocycles. The van der Waals surface area contributed by atoms with E-state index in [0.717, 1.165) is 18.4 Å². The van der Waals surface area contributed by atoms with Crippen molar-refractivity contribution >= 4 is 23.2 Å². The first-order valence-electron chi connectivity index (χ1n) is 8.37. The van der Waals surface area contributed by atoms with Crippen LogP contribution >= 0.6 is 11.6 Å². The van der Waals surface area contributed by atoms with Gasteiger partial charge in [0.2, 0.25) is 0 Å². The molecule has 1 amide bonds. The highest BCUT2D eigenvalue weighted by Crippen LogP contribution is 2.34. The molecule has 7 heteroatoms. The van der Waals surface area contributed by atoms with E-state index in [0.29, 0.717) is 19.8 Å². The third-order valence-electron chi connectivity index (χ3n) is 4.83. The molecular weight excluding hydrogens is 356 g/mol. The minimum absolute atomic E-state index is 0.0109. The zero-order valence-corrected chi connectivity index (χ0v) is 14.9. The number of nitrogens with zero attached hydrogens (tertiary/aromatic N) is 1. The van der Waals surface area contributed by atoms with E-state index >= 15 is 0 Å². The van der Waals surface area contributed by atoms with Crippen molar-refractivity contribution < 1.29 is 14.5 Å². The molecule has 0 aliphatic carbocycles. The quantitative estimate of drug-likeness (QED) is 0.638. The van der Waals surface area contributed by atoms with Gasteiger partial charge in [-0.3, -0.25) is 14.9 Å². The van der Waals surface area contributed by atoms with Crippen LogP contribution in [-0.4, -0.2) is 30.6 Å². The lowest BCUT2D eigenvalue weighted by molar-refractivity contribution is -0.384. The van der Waals surface area contributed by atoms with E-state index in [4.69, 9.17) is 16.3 Å². The third-order valence-corrected chi connectivity index (χ3v) is 5.15. The summed E-state index contributed by atoms with van der Waals surface area (Å²) in [6, 6.07) is 14.1. The molecule has 0 aromatic heterocycles. The topological polar surface area (TPSA) is 81.5 Å². The van der Waals surface area contributed by atoms with Crippen molar-refractivity contribution in [3.63, 3.8) is 0 Å². The Morgan fingerprint density at radius 1 is 1.19 bits per heavy atom.